The third kappa shape index (κ3) is 2.76. The first kappa shape index (κ1) is 15.7. The first-order valence-electron chi connectivity index (χ1n) is 8.81. The Morgan fingerprint density at radius 1 is 1.08 bits per heavy atom. The minimum atomic E-state index is -0.367. The van der Waals surface area contributed by atoms with E-state index in [1.807, 2.05) is 24.3 Å². The van der Waals surface area contributed by atoms with Gasteiger partial charge in [0.2, 0.25) is 0 Å². The van der Waals surface area contributed by atoms with Crippen LogP contribution < -0.4 is 0 Å². The Morgan fingerprint density at radius 3 is 2.36 bits per heavy atom. The maximum Gasteiger partial charge on any atom is 0.410 e. The van der Waals surface area contributed by atoms with Gasteiger partial charge in [0.25, 0.3) is 0 Å². The smallest absolute Gasteiger partial charge is 0.410 e. The minimum absolute atomic E-state index is 0.0571. The second kappa shape index (κ2) is 6.60. The Morgan fingerprint density at radius 2 is 1.72 bits per heavy atom. The molecule has 0 unspecified atom stereocenters. The van der Waals surface area contributed by atoms with Crippen LogP contribution in [0.1, 0.15) is 36.3 Å². The van der Waals surface area contributed by atoms with Gasteiger partial charge in [0, 0.05) is 12.5 Å². The van der Waals surface area contributed by atoms with E-state index < -0.39 is 0 Å². The highest BCUT2D eigenvalue weighted by Crippen LogP contribution is 2.44. The monoisotopic (exact) mass is 332 g/mol. The molecule has 126 valence electrons. The predicted octanol–water partition coefficient (Wildman–Crippen LogP) is 4.31. The van der Waals surface area contributed by atoms with Gasteiger partial charge in [-0.15, -0.1) is 0 Å². The fourth-order valence-electron chi connectivity index (χ4n) is 3.96. The van der Waals surface area contributed by atoms with Crippen LogP contribution in [0.5, 0.6) is 0 Å². The quantitative estimate of drug-likeness (QED) is 0.823. The van der Waals surface area contributed by atoms with Crippen molar-refractivity contribution < 1.29 is 9.53 Å². The van der Waals surface area contributed by atoms with Gasteiger partial charge < -0.3 is 4.74 Å². The lowest BCUT2D eigenvalue weighted by Gasteiger charge is -2.30. The number of fused-ring (bicyclic) bond motifs is 3. The van der Waals surface area contributed by atoms with Gasteiger partial charge in [-0.3, -0.25) is 4.90 Å². The summed E-state index contributed by atoms with van der Waals surface area (Å²) in [6.07, 6.45) is 2.29. The van der Waals surface area contributed by atoms with Crippen molar-refractivity contribution in [2.75, 3.05) is 13.2 Å². The lowest BCUT2D eigenvalue weighted by molar-refractivity contribution is 0.0821. The molecule has 1 aliphatic heterocycles. The minimum Gasteiger partial charge on any atom is -0.448 e. The van der Waals surface area contributed by atoms with E-state index in [0.29, 0.717) is 13.2 Å². The number of hydrogen-bond acceptors (Lipinski definition) is 3. The van der Waals surface area contributed by atoms with E-state index in [1.165, 1.54) is 22.3 Å². The molecule has 1 saturated heterocycles. The van der Waals surface area contributed by atoms with Crippen LogP contribution in [0, 0.1) is 11.3 Å². The maximum absolute atomic E-state index is 12.5. The van der Waals surface area contributed by atoms with E-state index in [-0.39, 0.29) is 18.1 Å². The number of nitrogens with zero attached hydrogens (tertiary/aromatic N) is 2. The van der Waals surface area contributed by atoms with Crippen LogP contribution in [-0.2, 0) is 4.74 Å². The average molecular weight is 332 g/mol. The molecule has 0 aromatic heterocycles. The third-order valence-electron chi connectivity index (χ3n) is 5.22. The summed E-state index contributed by atoms with van der Waals surface area (Å²) in [5, 5.41) is 9.25. The second-order valence-electron chi connectivity index (χ2n) is 6.64. The summed E-state index contributed by atoms with van der Waals surface area (Å²) < 4.78 is 5.65. The van der Waals surface area contributed by atoms with Crippen LogP contribution in [0.25, 0.3) is 11.1 Å². The normalized spacial score (nSPS) is 19.0. The van der Waals surface area contributed by atoms with Crippen molar-refractivity contribution in [3.63, 3.8) is 0 Å². The maximum atomic E-state index is 12.5. The van der Waals surface area contributed by atoms with Crippen LogP contribution in [0.3, 0.4) is 0 Å². The molecule has 2 aromatic rings. The van der Waals surface area contributed by atoms with E-state index in [1.54, 1.807) is 4.90 Å². The number of piperidine rings is 1. The molecule has 1 aliphatic carbocycles. The molecule has 0 spiro atoms. The summed E-state index contributed by atoms with van der Waals surface area (Å²) in [5.41, 5.74) is 4.83. The number of benzene rings is 2. The third-order valence-corrected chi connectivity index (χ3v) is 5.22. The van der Waals surface area contributed by atoms with Gasteiger partial charge in [-0.25, -0.2) is 4.79 Å². The molecule has 0 saturated carbocycles. The van der Waals surface area contributed by atoms with Crippen LogP contribution in [0.4, 0.5) is 4.79 Å². The Kier molecular flexibility index (Phi) is 4.15. The Hall–Kier alpha value is -2.80. The van der Waals surface area contributed by atoms with Gasteiger partial charge in [-0.05, 0) is 41.5 Å². The van der Waals surface area contributed by atoms with Gasteiger partial charge in [0.05, 0.1) is 6.07 Å². The lowest BCUT2D eigenvalue weighted by Crippen LogP contribution is -2.43. The van der Waals surface area contributed by atoms with E-state index >= 15 is 0 Å². The van der Waals surface area contributed by atoms with Gasteiger partial charge in [-0.1, -0.05) is 48.5 Å². The molecule has 4 nitrogen and oxygen atoms in total. The number of carbonyl (C=O) groups excluding carboxylic acids is 1. The van der Waals surface area contributed by atoms with Crippen molar-refractivity contribution in [2.45, 2.75) is 31.2 Å². The molecule has 4 heteroatoms. The van der Waals surface area contributed by atoms with Crippen molar-refractivity contribution in [1.82, 2.24) is 4.90 Å². The average Bonchev–Trinajstić information content (AvgIpc) is 3.00. The molecule has 2 aliphatic rings. The fourth-order valence-corrected chi connectivity index (χ4v) is 3.96. The van der Waals surface area contributed by atoms with Crippen LogP contribution in [0.15, 0.2) is 48.5 Å². The number of carbonyl (C=O) groups is 1. The number of nitriles is 1. The number of likely N-dealkylation sites (tertiary alicyclic amines) is 1. The largest absolute Gasteiger partial charge is 0.448 e. The zero-order valence-electron chi connectivity index (χ0n) is 14.0. The van der Waals surface area contributed by atoms with Crippen LogP contribution in [-0.4, -0.2) is 30.2 Å². The van der Waals surface area contributed by atoms with Crippen molar-refractivity contribution in [3.05, 3.63) is 59.7 Å². The van der Waals surface area contributed by atoms with E-state index in [2.05, 4.69) is 30.3 Å². The molecule has 2 aromatic carbocycles. The summed E-state index contributed by atoms with van der Waals surface area (Å²) in [6, 6.07) is 18.4. The summed E-state index contributed by atoms with van der Waals surface area (Å²) in [4.78, 5) is 14.1. The SMILES string of the molecule is N#C[C@H]1CCCCN1C(=O)OCC1c2ccccc2-c2ccccc21. The zero-order valence-corrected chi connectivity index (χ0v) is 14.0. The Labute approximate surface area is 147 Å². The molecular formula is C21H20N2O2. The second-order valence-corrected chi connectivity index (χ2v) is 6.64. The summed E-state index contributed by atoms with van der Waals surface area (Å²) in [5.74, 6) is 0.0571. The van der Waals surface area contributed by atoms with Crippen molar-refractivity contribution in [1.29, 1.82) is 5.26 Å². The first-order chi connectivity index (χ1) is 12.3. The molecule has 1 heterocycles. The molecule has 0 N–H and O–H groups in total. The Balaban J connectivity index is 1.53. The highest BCUT2D eigenvalue weighted by Gasteiger charge is 2.31. The van der Waals surface area contributed by atoms with Crippen LogP contribution in [0.2, 0.25) is 0 Å². The fraction of sp³-hybridized carbons (Fsp3) is 0.333. The molecular weight excluding hydrogens is 312 g/mol. The van der Waals surface area contributed by atoms with Gasteiger partial charge >= 0.3 is 6.09 Å². The van der Waals surface area contributed by atoms with Gasteiger partial charge in [-0.2, -0.15) is 5.26 Å². The highest BCUT2D eigenvalue weighted by atomic mass is 16.6. The standard InChI is InChI=1S/C21H20N2O2/c22-13-15-7-5-6-12-23(15)21(24)25-14-20-18-10-3-1-8-16(18)17-9-2-4-11-19(17)20/h1-4,8-11,15,20H,5-7,12,14H2/t15-/m1/s1. The summed E-state index contributed by atoms with van der Waals surface area (Å²) in [7, 11) is 0. The van der Waals surface area contributed by atoms with Crippen molar-refractivity contribution in [3.8, 4) is 17.2 Å². The summed E-state index contributed by atoms with van der Waals surface area (Å²) in [6.45, 7) is 0.913. The molecule has 1 atom stereocenters. The molecule has 4 rings (SSSR count). The molecule has 0 radical (unpaired) electrons. The van der Waals surface area contributed by atoms with Crippen LogP contribution >= 0.6 is 0 Å². The van der Waals surface area contributed by atoms with Crippen molar-refractivity contribution in [2.24, 2.45) is 0 Å². The molecule has 25 heavy (non-hydrogen) atoms. The van der Waals surface area contributed by atoms with E-state index in [4.69, 9.17) is 4.74 Å². The zero-order chi connectivity index (χ0) is 17.2. The van der Waals surface area contributed by atoms with Crippen molar-refractivity contribution >= 4 is 6.09 Å². The predicted molar refractivity (Wildman–Crippen MR) is 95.0 cm³/mol. The van der Waals surface area contributed by atoms with E-state index in [9.17, 15) is 10.1 Å². The van der Waals surface area contributed by atoms with E-state index in [0.717, 1.165) is 19.3 Å². The summed E-state index contributed by atoms with van der Waals surface area (Å²) >= 11 is 0. The number of hydrogen-bond donors (Lipinski definition) is 0. The molecule has 0 bridgehead atoms. The number of rotatable bonds is 2. The topological polar surface area (TPSA) is 53.3 Å². The molecule has 1 fully saturated rings. The number of amides is 1. The number of ether oxygens (including phenoxy) is 1. The Bertz CT molecular complexity index is 794. The first-order valence-corrected chi connectivity index (χ1v) is 8.81. The molecule has 1 amide bonds. The van der Waals surface area contributed by atoms with Gasteiger partial charge in [0.1, 0.15) is 12.6 Å². The van der Waals surface area contributed by atoms with Gasteiger partial charge in [0.15, 0.2) is 0 Å². The highest BCUT2D eigenvalue weighted by molar-refractivity contribution is 5.79. The lowest BCUT2D eigenvalue weighted by atomic mass is 9.98.